The monoisotopic (exact) mass is 326 g/mol. The summed E-state index contributed by atoms with van der Waals surface area (Å²) in [6, 6.07) is 10.2. The predicted octanol–water partition coefficient (Wildman–Crippen LogP) is 1.91. The molecule has 1 aromatic heterocycles. The SMILES string of the molecule is Cn1cnnc1[C@H]1CN(C(=O)[C@@H](c2ccccc2)C2CC2)CCO1. The molecule has 1 saturated heterocycles. The summed E-state index contributed by atoms with van der Waals surface area (Å²) in [6.07, 6.45) is 3.74. The van der Waals surface area contributed by atoms with Crippen LogP contribution in [0.15, 0.2) is 36.7 Å². The normalized spacial score (nSPS) is 22.4. The molecular weight excluding hydrogens is 304 g/mol. The zero-order valence-corrected chi connectivity index (χ0v) is 13.8. The van der Waals surface area contributed by atoms with Gasteiger partial charge in [-0.15, -0.1) is 10.2 Å². The lowest BCUT2D eigenvalue weighted by molar-refractivity contribution is -0.141. The third-order valence-electron chi connectivity index (χ3n) is 4.93. The second-order valence-corrected chi connectivity index (χ2v) is 6.67. The number of benzene rings is 1. The minimum atomic E-state index is -0.203. The molecule has 1 amide bonds. The highest BCUT2D eigenvalue weighted by atomic mass is 16.5. The van der Waals surface area contributed by atoms with Crippen LogP contribution in [0, 0.1) is 5.92 Å². The first-order chi connectivity index (χ1) is 11.7. The summed E-state index contributed by atoms with van der Waals surface area (Å²) in [7, 11) is 1.90. The molecule has 2 aromatic rings. The van der Waals surface area contributed by atoms with Crippen molar-refractivity contribution in [2.75, 3.05) is 19.7 Å². The van der Waals surface area contributed by atoms with Gasteiger partial charge in [-0.25, -0.2) is 0 Å². The Hall–Kier alpha value is -2.21. The van der Waals surface area contributed by atoms with Crippen molar-refractivity contribution in [1.29, 1.82) is 0 Å². The topological polar surface area (TPSA) is 60.2 Å². The lowest BCUT2D eigenvalue weighted by atomic mass is 9.92. The lowest BCUT2D eigenvalue weighted by Gasteiger charge is -2.34. The Labute approximate surface area is 141 Å². The lowest BCUT2D eigenvalue weighted by Crippen LogP contribution is -2.45. The van der Waals surface area contributed by atoms with Crippen LogP contribution >= 0.6 is 0 Å². The van der Waals surface area contributed by atoms with Crippen LogP contribution in [0.2, 0.25) is 0 Å². The zero-order chi connectivity index (χ0) is 16.5. The summed E-state index contributed by atoms with van der Waals surface area (Å²) in [5.74, 6) is 1.45. The molecule has 2 fully saturated rings. The van der Waals surface area contributed by atoms with Crippen LogP contribution in [-0.2, 0) is 16.6 Å². The standard InChI is InChI=1S/C18H22N4O2/c1-21-12-19-20-17(21)15-11-22(9-10-24-15)18(23)16(14-7-8-14)13-5-3-2-4-6-13/h2-6,12,14-16H,7-11H2,1H3/t15-,16+/m1/s1. The zero-order valence-electron chi connectivity index (χ0n) is 13.8. The maximum atomic E-state index is 13.2. The van der Waals surface area contributed by atoms with Crippen LogP contribution < -0.4 is 0 Å². The fourth-order valence-corrected chi connectivity index (χ4v) is 3.49. The number of hydrogen-bond acceptors (Lipinski definition) is 4. The van der Waals surface area contributed by atoms with Gasteiger partial charge in [0.2, 0.25) is 5.91 Å². The first-order valence-electron chi connectivity index (χ1n) is 8.53. The summed E-state index contributed by atoms with van der Waals surface area (Å²) in [5.41, 5.74) is 1.13. The molecule has 2 atom stereocenters. The number of rotatable bonds is 4. The summed E-state index contributed by atoms with van der Waals surface area (Å²) < 4.78 is 7.68. The molecule has 2 aliphatic rings. The van der Waals surface area contributed by atoms with Crippen molar-refractivity contribution in [1.82, 2.24) is 19.7 Å². The van der Waals surface area contributed by atoms with Gasteiger partial charge in [0, 0.05) is 13.6 Å². The van der Waals surface area contributed by atoms with Crippen LogP contribution in [0.1, 0.15) is 36.3 Å². The van der Waals surface area contributed by atoms with Gasteiger partial charge in [-0.3, -0.25) is 4.79 Å². The highest BCUT2D eigenvalue weighted by Gasteiger charge is 2.40. The molecule has 126 valence electrons. The average molecular weight is 326 g/mol. The van der Waals surface area contributed by atoms with E-state index in [4.69, 9.17) is 4.74 Å². The number of carbonyl (C=O) groups excluding carboxylic acids is 1. The molecule has 1 aliphatic carbocycles. The van der Waals surface area contributed by atoms with Crippen LogP contribution in [-0.4, -0.2) is 45.3 Å². The first kappa shape index (κ1) is 15.3. The molecule has 2 heterocycles. The molecule has 6 heteroatoms. The first-order valence-corrected chi connectivity index (χ1v) is 8.53. The van der Waals surface area contributed by atoms with E-state index >= 15 is 0 Å². The third-order valence-corrected chi connectivity index (χ3v) is 4.93. The molecule has 1 saturated carbocycles. The minimum Gasteiger partial charge on any atom is -0.366 e. The number of nitrogens with zero attached hydrogens (tertiary/aromatic N) is 4. The van der Waals surface area contributed by atoms with E-state index in [9.17, 15) is 4.79 Å². The Morgan fingerprint density at radius 2 is 2.08 bits per heavy atom. The molecule has 4 rings (SSSR count). The number of amides is 1. The van der Waals surface area contributed by atoms with E-state index in [1.165, 1.54) is 0 Å². The molecule has 0 unspecified atom stereocenters. The van der Waals surface area contributed by atoms with E-state index in [0.29, 0.717) is 25.6 Å². The van der Waals surface area contributed by atoms with Crippen molar-refractivity contribution in [2.24, 2.45) is 13.0 Å². The van der Waals surface area contributed by atoms with E-state index < -0.39 is 0 Å². The number of aryl methyl sites for hydroxylation is 1. The Balaban J connectivity index is 1.53. The van der Waals surface area contributed by atoms with Crippen LogP contribution in [0.5, 0.6) is 0 Å². The molecule has 1 aromatic carbocycles. The summed E-state index contributed by atoms with van der Waals surface area (Å²) >= 11 is 0. The van der Waals surface area contributed by atoms with Crippen molar-refractivity contribution in [2.45, 2.75) is 24.9 Å². The molecule has 6 nitrogen and oxygen atoms in total. The van der Waals surface area contributed by atoms with E-state index in [2.05, 4.69) is 22.3 Å². The largest absolute Gasteiger partial charge is 0.366 e. The van der Waals surface area contributed by atoms with Crippen LogP contribution in [0.25, 0.3) is 0 Å². The summed E-state index contributed by atoms with van der Waals surface area (Å²) in [6.45, 7) is 1.72. The highest BCUT2D eigenvalue weighted by Crippen LogP contribution is 2.44. The van der Waals surface area contributed by atoms with Gasteiger partial charge in [0.15, 0.2) is 5.82 Å². The third kappa shape index (κ3) is 2.94. The molecular formula is C18H22N4O2. The molecule has 24 heavy (non-hydrogen) atoms. The van der Waals surface area contributed by atoms with E-state index in [-0.39, 0.29) is 17.9 Å². The van der Waals surface area contributed by atoms with Crippen molar-refractivity contribution in [3.8, 4) is 0 Å². The summed E-state index contributed by atoms with van der Waals surface area (Å²) in [5, 5.41) is 8.05. The average Bonchev–Trinajstić information content (AvgIpc) is 3.36. The second-order valence-electron chi connectivity index (χ2n) is 6.67. The maximum absolute atomic E-state index is 13.2. The maximum Gasteiger partial charge on any atom is 0.230 e. The van der Waals surface area contributed by atoms with Crippen molar-refractivity contribution >= 4 is 5.91 Å². The van der Waals surface area contributed by atoms with Gasteiger partial charge in [0.05, 0.1) is 19.1 Å². The molecule has 0 bridgehead atoms. The number of morpholine rings is 1. The highest BCUT2D eigenvalue weighted by molar-refractivity contribution is 5.84. The Morgan fingerprint density at radius 3 is 2.75 bits per heavy atom. The van der Waals surface area contributed by atoms with Gasteiger partial charge in [-0.2, -0.15) is 0 Å². The van der Waals surface area contributed by atoms with E-state index in [1.807, 2.05) is 34.7 Å². The predicted molar refractivity (Wildman–Crippen MR) is 88.2 cm³/mol. The Morgan fingerprint density at radius 1 is 1.29 bits per heavy atom. The molecule has 0 radical (unpaired) electrons. The van der Waals surface area contributed by atoms with Crippen molar-refractivity contribution in [3.05, 3.63) is 48.0 Å². The molecule has 1 aliphatic heterocycles. The van der Waals surface area contributed by atoms with E-state index in [1.54, 1.807) is 6.33 Å². The van der Waals surface area contributed by atoms with Crippen molar-refractivity contribution < 1.29 is 9.53 Å². The number of carbonyl (C=O) groups is 1. The van der Waals surface area contributed by atoms with Gasteiger partial charge in [-0.1, -0.05) is 30.3 Å². The smallest absolute Gasteiger partial charge is 0.230 e. The van der Waals surface area contributed by atoms with Crippen LogP contribution in [0.3, 0.4) is 0 Å². The quantitative estimate of drug-likeness (QED) is 0.861. The van der Waals surface area contributed by atoms with Crippen molar-refractivity contribution in [3.63, 3.8) is 0 Å². The van der Waals surface area contributed by atoms with E-state index in [0.717, 1.165) is 24.2 Å². The Kier molecular flexibility index (Phi) is 4.06. The summed E-state index contributed by atoms with van der Waals surface area (Å²) in [4.78, 5) is 15.2. The Bertz CT molecular complexity index is 711. The van der Waals surface area contributed by atoms with Gasteiger partial charge in [-0.05, 0) is 24.3 Å². The minimum absolute atomic E-state index is 0.0237. The molecule has 0 N–H and O–H groups in total. The number of hydrogen-bond donors (Lipinski definition) is 0. The van der Waals surface area contributed by atoms with Gasteiger partial charge in [0.25, 0.3) is 0 Å². The number of ether oxygens (including phenoxy) is 1. The molecule has 0 spiro atoms. The van der Waals surface area contributed by atoms with Gasteiger partial charge < -0.3 is 14.2 Å². The van der Waals surface area contributed by atoms with Crippen LogP contribution in [0.4, 0.5) is 0 Å². The van der Waals surface area contributed by atoms with Gasteiger partial charge in [0.1, 0.15) is 12.4 Å². The fourth-order valence-electron chi connectivity index (χ4n) is 3.49. The second kappa shape index (κ2) is 6.36. The van der Waals surface area contributed by atoms with Gasteiger partial charge >= 0.3 is 0 Å². The number of aromatic nitrogens is 3. The fraction of sp³-hybridized carbons (Fsp3) is 0.500.